The van der Waals surface area contributed by atoms with Gasteiger partial charge in [-0.25, -0.2) is 9.78 Å². The lowest BCUT2D eigenvalue weighted by molar-refractivity contribution is 0.0660. The van der Waals surface area contributed by atoms with Crippen molar-refractivity contribution in [1.82, 2.24) is 9.55 Å². The molecular formula is C16H15N3O3. The third-order valence-electron chi connectivity index (χ3n) is 3.24. The largest absolute Gasteiger partial charge is 0.475 e. The Morgan fingerprint density at radius 1 is 1.36 bits per heavy atom. The summed E-state index contributed by atoms with van der Waals surface area (Å²) in [4.78, 5) is 15.4. The lowest BCUT2D eigenvalue weighted by Crippen LogP contribution is -2.01. The number of hydrogen-bond acceptors (Lipinski definition) is 4. The maximum absolute atomic E-state index is 10.9. The molecule has 0 atom stereocenters. The summed E-state index contributed by atoms with van der Waals surface area (Å²) in [5.74, 6) is 0.166. The zero-order chi connectivity index (χ0) is 15.7. The number of nitrogen functional groups attached to an aromatic ring is 1. The van der Waals surface area contributed by atoms with E-state index >= 15 is 0 Å². The molecule has 0 saturated heterocycles. The van der Waals surface area contributed by atoms with Crippen LogP contribution in [0.25, 0.3) is 11.4 Å². The molecule has 112 valence electrons. The number of benzene rings is 1. The van der Waals surface area contributed by atoms with Gasteiger partial charge in [-0.1, -0.05) is 12.1 Å². The van der Waals surface area contributed by atoms with E-state index in [1.807, 2.05) is 42.0 Å². The number of carbonyl (C=O) groups is 1. The summed E-state index contributed by atoms with van der Waals surface area (Å²) in [5.41, 5.74) is 8.25. The third kappa shape index (κ3) is 2.71. The number of hydrogen-bond donors (Lipinski definition) is 2. The average molecular weight is 297 g/mol. The van der Waals surface area contributed by atoms with E-state index in [0.29, 0.717) is 18.0 Å². The van der Waals surface area contributed by atoms with E-state index < -0.39 is 5.97 Å². The van der Waals surface area contributed by atoms with Crippen LogP contribution in [-0.2, 0) is 6.54 Å². The summed E-state index contributed by atoms with van der Waals surface area (Å²) < 4.78 is 7.21. The Bertz CT molecular complexity index is 833. The van der Waals surface area contributed by atoms with Crippen molar-refractivity contribution in [2.24, 2.45) is 0 Å². The Morgan fingerprint density at radius 2 is 2.18 bits per heavy atom. The van der Waals surface area contributed by atoms with Gasteiger partial charge in [0.15, 0.2) is 0 Å². The molecule has 0 fully saturated rings. The lowest BCUT2D eigenvalue weighted by Gasteiger charge is -2.06. The fourth-order valence-electron chi connectivity index (χ4n) is 2.32. The SMILES string of the molecule is Cc1cn(Cc2ccc(C(=O)O)o2)c(-c2cccc(N)c2)n1. The summed E-state index contributed by atoms with van der Waals surface area (Å²) in [6, 6.07) is 10.6. The minimum Gasteiger partial charge on any atom is -0.475 e. The first kappa shape index (κ1) is 13.9. The van der Waals surface area contributed by atoms with Crippen LogP contribution in [0.3, 0.4) is 0 Å². The van der Waals surface area contributed by atoms with Crippen LogP contribution in [0.15, 0.2) is 47.0 Å². The highest BCUT2D eigenvalue weighted by atomic mass is 16.4. The van der Waals surface area contributed by atoms with Crippen LogP contribution >= 0.6 is 0 Å². The lowest BCUT2D eigenvalue weighted by atomic mass is 10.2. The van der Waals surface area contributed by atoms with E-state index in [4.69, 9.17) is 15.3 Å². The van der Waals surface area contributed by atoms with E-state index in [1.54, 1.807) is 6.07 Å². The molecule has 6 heteroatoms. The number of carboxylic acid groups (broad SMARTS) is 1. The molecule has 2 aromatic heterocycles. The van der Waals surface area contributed by atoms with Gasteiger partial charge in [-0.3, -0.25) is 0 Å². The maximum Gasteiger partial charge on any atom is 0.371 e. The van der Waals surface area contributed by atoms with Crippen molar-refractivity contribution in [3.05, 3.63) is 59.8 Å². The zero-order valence-electron chi connectivity index (χ0n) is 12.0. The van der Waals surface area contributed by atoms with Crippen LogP contribution < -0.4 is 5.73 Å². The minimum absolute atomic E-state index is 0.0719. The second-order valence-electron chi connectivity index (χ2n) is 5.03. The van der Waals surface area contributed by atoms with Crippen LogP contribution in [0.5, 0.6) is 0 Å². The number of nitrogens with zero attached hydrogens (tertiary/aromatic N) is 2. The molecule has 3 N–H and O–H groups in total. The number of aryl methyl sites for hydroxylation is 1. The van der Waals surface area contributed by atoms with Crippen molar-refractivity contribution >= 4 is 11.7 Å². The van der Waals surface area contributed by atoms with Gasteiger partial charge in [0.1, 0.15) is 11.6 Å². The maximum atomic E-state index is 10.9. The van der Waals surface area contributed by atoms with Crippen molar-refractivity contribution in [1.29, 1.82) is 0 Å². The fraction of sp³-hybridized carbons (Fsp3) is 0.125. The number of aromatic carboxylic acids is 1. The van der Waals surface area contributed by atoms with Crippen molar-refractivity contribution in [2.75, 3.05) is 5.73 Å². The number of carboxylic acids is 1. The highest BCUT2D eigenvalue weighted by Gasteiger charge is 2.13. The average Bonchev–Trinajstić information content (AvgIpc) is 3.06. The van der Waals surface area contributed by atoms with E-state index in [1.165, 1.54) is 6.07 Å². The van der Waals surface area contributed by atoms with E-state index in [9.17, 15) is 4.79 Å². The molecule has 22 heavy (non-hydrogen) atoms. The number of imidazole rings is 1. The Labute approximate surface area is 126 Å². The summed E-state index contributed by atoms with van der Waals surface area (Å²) in [6.07, 6.45) is 1.89. The van der Waals surface area contributed by atoms with Crippen LogP contribution in [-0.4, -0.2) is 20.6 Å². The zero-order valence-corrected chi connectivity index (χ0v) is 12.0. The predicted molar refractivity (Wildman–Crippen MR) is 81.6 cm³/mol. The van der Waals surface area contributed by atoms with Gasteiger partial charge < -0.3 is 19.8 Å². The van der Waals surface area contributed by atoms with Crippen LogP contribution in [0.4, 0.5) is 5.69 Å². The normalized spacial score (nSPS) is 10.8. The molecule has 6 nitrogen and oxygen atoms in total. The summed E-state index contributed by atoms with van der Waals surface area (Å²) in [5, 5.41) is 8.90. The van der Waals surface area contributed by atoms with Crippen LogP contribution in [0, 0.1) is 6.92 Å². The second-order valence-corrected chi connectivity index (χ2v) is 5.03. The summed E-state index contributed by atoms with van der Waals surface area (Å²) in [7, 11) is 0. The molecule has 3 aromatic rings. The standard InChI is InChI=1S/C16H15N3O3/c1-10-8-19(9-13-5-6-14(22-13)16(20)21)15(18-10)11-3-2-4-12(17)7-11/h2-8H,9,17H2,1H3,(H,20,21). The quantitative estimate of drug-likeness (QED) is 0.722. The van der Waals surface area contributed by atoms with E-state index in [0.717, 1.165) is 17.1 Å². The van der Waals surface area contributed by atoms with Gasteiger partial charge in [-0.05, 0) is 31.2 Å². The molecule has 0 radical (unpaired) electrons. The molecule has 0 unspecified atom stereocenters. The number of anilines is 1. The molecule has 0 aliphatic heterocycles. The molecule has 0 amide bonds. The van der Waals surface area contributed by atoms with Gasteiger partial charge in [0.2, 0.25) is 5.76 Å². The minimum atomic E-state index is -1.08. The molecule has 2 heterocycles. The van der Waals surface area contributed by atoms with Gasteiger partial charge in [0, 0.05) is 17.4 Å². The molecule has 0 saturated carbocycles. The second kappa shape index (κ2) is 5.40. The van der Waals surface area contributed by atoms with Crippen LogP contribution in [0.2, 0.25) is 0 Å². The molecular weight excluding hydrogens is 282 g/mol. The van der Waals surface area contributed by atoms with Crippen molar-refractivity contribution < 1.29 is 14.3 Å². The predicted octanol–water partition coefficient (Wildman–Crippen LogP) is 2.78. The first-order chi connectivity index (χ1) is 10.5. The Balaban J connectivity index is 1.95. The number of furan rings is 1. The highest BCUT2D eigenvalue weighted by molar-refractivity contribution is 5.84. The Hall–Kier alpha value is -3.02. The molecule has 0 bridgehead atoms. The topological polar surface area (TPSA) is 94.3 Å². The molecule has 0 spiro atoms. The van der Waals surface area contributed by atoms with Crippen molar-refractivity contribution in [3.63, 3.8) is 0 Å². The summed E-state index contributed by atoms with van der Waals surface area (Å²) >= 11 is 0. The third-order valence-corrected chi connectivity index (χ3v) is 3.24. The Morgan fingerprint density at radius 3 is 2.86 bits per heavy atom. The smallest absolute Gasteiger partial charge is 0.371 e. The van der Waals surface area contributed by atoms with Gasteiger partial charge >= 0.3 is 5.97 Å². The Kier molecular flexibility index (Phi) is 3.42. The van der Waals surface area contributed by atoms with Gasteiger partial charge in [-0.15, -0.1) is 0 Å². The van der Waals surface area contributed by atoms with E-state index in [2.05, 4.69) is 4.98 Å². The highest BCUT2D eigenvalue weighted by Crippen LogP contribution is 2.22. The van der Waals surface area contributed by atoms with Gasteiger partial charge in [-0.2, -0.15) is 0 Å². The monoisotopic (exact) mass is 297 g/mol. The fourth-order valence-corrected chi connectivity index (χ4v) is 2.32. The first-order valence-electron chi connectivity index (χ1n) is 6.74. The van der Waals surface area contributed by atoms with E-state index in [-0.39, 0.29) is 5.76 Å². The molecule has 1 aromatic carbocycles. The van der Waals surface area contributed by atoms with Gasteiger partial charge in [0.25, 0.3) is 0 Å². The summed E-state index contributed by atoms with van der Waals surface area (Å²) in [6.45, 7) is 2.30. The van der Waals surface area contributed by atoms with Crippen molar-refractivity contribution in [3.8, 4) is 11.4 Å². The first-order valence-corrected chi connectivity index (χ1v) is 6.74. The number of rotatable bonds is 4. The van der Waals surface area contributed by atoms with Crippen LogP contribution in [0.1, 0.15) is 22.0 Å². The number of aromatic nitrogens is 2. The van der Waals surface area contributed by atoms with Crippen molar-refractivity contribution in [2.45, 2.75) is 13.5 Å². The molecule has 3 rings (SSSR count). The number of nitrogens with two attached hydrogens (primary N) is 1. The molecule has 0 aliphatic rings. The molecule has 0 aliphatic carbocycles. The van der Waals surface area contributed by atoms with Gasteiger partial charge in [0.05, 0.1) is 12.2 Å².